The average Bonchev–Trinajstić information content (AvgIpc) is 2.77. The van der Waals surface area contributed by atoms with Crippen LogP contribution in [0.4, 0.5) is 0 Å². The molecule has 1 heterocycles. The van der Waals surface area contributed by atoms with Crippen molar-refractivity contribution in [2.24, 2.45) is 0 Å². The maximum absolute atomic E-state index is 9.13. The molecular formula is C12H11N3OS. The summed E-state index contributed by atoms with van der Waals surface area (Å²) in [5, 5.41) is 17.3. The summed E-state index contributed by atoms with van der Waals surface area (Å²) in [5.74, 6) is 0.997. The number of rotatable bonds is 4. The minimum atomic E-state index is -0.159. The van der Waals surface area contributed by atoms with Gasteiger partial charge in [-0.15, -0.1) is 10.2 Å². The summed E-state index contributed by atoms with van der Waals surface area (Å²) in [7, 11) is 0. The molecule has 1 unspecified atom stereocenters. The molecule has 1 atom stereocenters. The molecule has 1 aromatic carbocycles. The Morgan fingerprint density at radius 1 is 1.35 bits per heavy atom. The Bertz CT molecular complexity index is 518. The van der Waals surface area contributed by atoms with Gasteiger partial charge in [0.15, 0.2) is 0 Å². The Morgan fingerprint density at radius 2 is 2.12 bits per heavy atom. The summed E-state index contributed by atoms with van der Waals surface area (Å²) < 4.78 is 5.25. The lowest BCUT2D eigenvalue weighted by Crippen LogP contribution is -1.98. The molecule has 0 radical (unpaired) electrons. The van der Waals surface area contributed by atoms with Gasteiger partial charge in [0.25, 0.3) is 5.22 Å². The highest BCUT2D eigenvalue weighted by Crippen LogP contribution is 2.24. The molecule has 0 spiro atoms. The number of nitriles is 1. The second-order valence-corrected chi connectivity index (χ2v) is 4.46. The maximum Gasteiger partial charge on any atom is 0.276 e. The minimum absolute atomic E-state index is 0.159. The number of nitrogens with zero attached hydrogens (tertiary/aromatic N) is 3. The van der Waals surface area contributed by atoms with E-state index in [0.29, 0.717) is 16.9 Å². The van der Waals surface area contributed by atoms with E-state index in [0.717, 1.165) is 5.56 Å². The first-order chi connectivity index (χ1) is 8.29. The zero-order valence-corrected chi connectivity index (χ0v) is 10.1. The lowest BCUT2D eigenvalue weighted by molar-refractivity contribution is 0.429. The van der Waals surface area contributed by atoms with Crippen LogP contribution in [0.25, 0.3) is 0 Å². The Labute approximate surface area is 104 Å². The molecular weight excluding hydrogens is 234 g/mol. The number of aromatic nitrogens is 2. The van der Waals surface area contributed by atoms with Gasteiger partial charge in [-0.1, -0.05) is 42.1 Å². The maximum atomic E-state index is 9.13. The molecule has 2 rings (SSSR count). The predicted octanol–water partition coefficient (Wildman–Crippen LogP) is 2.78. The van der Waals surface area contributed by atoms with Gasteiger partial charge in [-0.25, -0.2) is 0 Å². The van der Waals surface area contributed by atoms with Gasteiger partial charge in [-0.3, -0.25) is 0 Å². The summed E-state index contributed by atoms with van der Waals surface area (Å²) in [4.78, 5) is 0. The van der Waals surface area contributed by atoms with Crippen LogP contribution < -0.4 is 0 Å². The molecule has 5 heteroatoms. The molecule has 17 heavy (non-hydrogen) atoms. The highest BCUT2D eigenvalue weighted by Gasteiger charge is 2.12. The van der Waals surface area contributed by atoms with Gasteiger partial charge in [0.2, 0.25) is 5.89 Å². The van der Waals surface area contributed by atoms with Crippen molar-refractivity contribution in [1.82, 2.24) is 10.2 Å². The van der Waals surface area contributed by atoms with Crippen LogP contribution in [0.3, 0.4) is 0 Å². The highest BCUT2D eigenvalue weighted by molar-refractivity contribution is 7.99. The fourth-order valence-electron chi connectivity index (χ4n) is 1.38. The smallest absolute Gasteiger partial charge is 0.276 e. The summed E-state index contributed by atoms with van der Waals surface area (Å²) >= 11 is 1.41. The van der Waals surface area contributed by atoms with E-state index in [-0.39, 0.29) is 5.92 Å². The number of benzene rings is 1. The molecule has 4 nitrogen and oxygen atoms in total. The van der Waals surface area contributed by atoms with E-state index >= 15 is 0 Å². The number of hydrogen-bond donors (Lipinski definition) is 0. The Morgan fingerprint density at radius 3 is 2.71 bits per heavy atom. The quantitative estimate of drug-likeness (QED) is 0.775. The van der Waals surface area contributed by atoms with Crippen molar-refractivity contribution in [2.75, 3.05) is 5.75 Å². The summed E-state index contributed by atoms with van der Waals surface area (Å²) in [6, 6.07) is 12.0. The number of hydrogen-bond acceptors (Lipinski definition) is 5. The third kappa shape index (κ3) is 3.08. The number of thioether (sulfide) groups is 1. The highest BCUT2D eigenvalue weighted by atomic mass is 32.2. The van der Waals surface area contributed by atoms with Crippen molar-refractivity contribution in [3.8, 4) is 6.07 Å². The molecule has 0 aliphatic heterocycles. The fourth-order valence-corrected chi connectivity index (χ4v) is 2.24. The molecule has 0 saturated heterocycles. The van der Waals surface area contributed by atoms with E-state index in [2.05, 4.69) is 16.3 Å². The van der Waals surface area contributed by atoms with Crippen LogP contribution >= 0.6 is 11.8 Å². The van der Waals surface area contributed by atoms with Crippen LogP contribution in [0.1, 0.15) is 17.4 Å². The SMILES string of the molecule is Cc1nnc(SCC(C#N)c2ccccc2)o1. The molecule has 0 aliphatic carbocycles. The van der Waals surface area contributed by atoms with Crippen LogP contribution in [0.2, 0.25) is 0 Å². The van der Waals surface area contributed by atoms with Gasteiger partial charge in [-0.05, 0) is 5.56 Å². The molecule has 0 bridgehead atoms. The van der Waals surface area contributed by atoms with Crippen molar-refractivity contribution in [3.05, 3.63) is 41.8 Å². The van der Waals surface area contributed by atoms with Crippen molar-refractivity contribution >= 4 is 11.8 Å². The van der Waals surface area contributed by atoms with Gasteiger partial charge < -0.3 is 4.42 Å². The van der Waals surface area contributed by atoms with Gasteiger partial charge in [0, 0.05) is 12.7 Å². The Kier molecular flexibility index (Phi) is 3.78. The van der Waals surface area contributed by atoms with E-state index in [1.54, 1.807) is 6.92 Å². The molecule has 1 aromatic heterocycles. The van der Waals surface area contributed by atoms with Gasteiger partial charge in [0.05, 0.1) is 12.0 Å². The lowest BCUT2D eigenvalue weighted by Gasteiger charge is -2.06. The molecule has 0 aliphatic rings. The van der Waals surface area contributed by atoms with E-state index < -0.39 is 0 Å². The fraction of sp³-hybridized carbons (Fsp3) is 0.250. The van der Waals surface area contributed by atoms with Crippen LogP contribution in [0.5, 0.6) is 0 Å². The second kappa shape index (κ2) is 5.51. The molecule has 0 amide bonds. The summed E-state index contributed by atoms with van der Waals surface area (Å²) in [5.41, 5.74) is 1.01. The van der Waals surface area contributed by atoms with Crippen LogP contribution in [0.15, 0.2) is 40.0 Å². The molecule has 0 N–H and O–H groups in total. The lowest BCUT2D eigenvalue weighted by atomic mass is 10.0. The third-order valence-electron chi connectivity index (χ3n) is 2.24. The zero-order chi connectivity index (χ0) is 12.1. The van der Waals surface area contributed by atoms with Crippen LogP contribution in [0, 0.1) is 18.3 Å². The molecule has 2 aromatic rings. The summed E-state index contributed by atoms with van der Waals surface area (Å²) in [6.45, 7) is 1.75. The third-order valence-corrected chi connectivity index (χ3v) is 3.15. The van der Waals surface area contributed by atoms with Crippen molar-refractivity contribution < 1.29 is 4.42 Å². The largest absolute Gasteiger partial charge is 0.416 e. The van der Waals surface area contributed by atoms with Crippen LogP contribution in [-0.4, -0.2) is 16.0 Å². The topological polar surface area (TPSA) is 62.7 Å². The molecule has 0 fully saturated rings. The van der Waals surface area contributed by atoms with Crippen molar-refractivity contribution in [2.45, 2.75) is 18.1 Å². The minimum Gasteiger partial charge on any atom is -0.416 e. The monoisotopic (exact) mass is 245 g/mol. The first-order valence-corrected chi connectivity index (χ1v) is 6.15. The average molecular weight is 245 g/mol. The van der Waals surface area contributed by atoms with Gasteiger partial charge in [-0.2, -0.15) is 5.26 Å². The number of aryl methyl sites for hydroxylation is 1. The van der Waals surface area contributed by atoms with E-state index in [1.807, 2.05) is 30.3 Å². The molecule has 0 saturated carbocycles. The van der Waals surface area contributed by atoms with Crippen molar-refractivity contribution in [3.63, 3.8) is 0 Å². The van der Waals surface area contributed by atoms with E-state index in [4.69, 9.17) is 9.68 Å². The van der Waals surface area contributed by atoms with Crippen molar-refractivity contribution in [1.29, 1.82) is 5.26 Å². The molecule has 86 valence electrons. The van der Waals surface area contributed by atoms with Gasteiger partial charge >= 0.3 is 0 Å². The standard InChI is InChI=1S/C12H11N3OS/c1-9-14-15-12(16-9)17-8-11(7-13)10-5-3-2-4-6-10/h2-6,11H,8H2,1H3. The second-order valence-electron chi connectivity index (χ2n) is 3.49. The zero-order valence-electron chi connectivity index (χ0n) is 9.33. The normalized spacial score (nSPS) is 12.0. The predicted molar refractivity (Wildman–Crippen MR) is 64.6 cm³/mol. The first kappa shape index (κ1) is 11.7. The van der Waals surface area contributed by atoms with E-state index in [1.165, 1.54) is 11.8 Å². The summed E-state index contributed by atoms with van der Waals surface area (Å²) in [6.07, 6.45) is 0. The first-order valence-electron chi connectivity index (χ1n) is 5.17. The Hall–Kier alpha value is -1.80. The van der Waals surface area contributed by atoms with Crippen LogP contribution in [-0.2, 0) is 0 Å². The Balaban J connectivity index is 2.00. The van der Waals surface area contributed by atoms with Gasteiger partial charge in [0.1, 0.15) is 0 Å². The van der Waals surface area contributed by atoms with E-state index in [9.17, 15) is 0 Å².